The molecule has 1 heterocycles. The summed E-state index contributed by atoms with van der Waals surface area (Å²) < 4.78 is 40.1. The number of benzene rings is 2. The highest BCUT2D eigenvalue weighted by molar-refractivity contribution is 8.00. The van der Waals surface area contributed by atoms with Gasteiger partial charge in [-0.25, -0.2) is 9.97 Å². The van der Waals surface area contributed by atoms with Crippen molar-refractivity contribution in [2.45, 2.75) is 30.4 Å². The molecule has 166 valence electrons. The van der Waals surface area contributed by atoms with Crippen molar-refractivity contribution >= 4 is 35.0 Å². The molecule has 0 aliphatic heterocycles. The van der Waals surface area contributed by atoms with Crippen molar-refractivity contribution in [1.29, 1.82) is 0 Å². The van der Waals surface area contributed by atoms with Gasteiger partial charge in [-0.15, -0.1) is 0 Å². The SMILES string of the molecule is CC(=O)Nc1cccc(NC(=O)[C@H](C)Sc2nc(-c3ccccc3)cc(C(F)(F)F)n2)c1. The fourth-order valence-electron chi connectivity index (χ4n) is 2.71. The summed E-state index contributed by atoms with van der Waals surface area (Å²) in [6.45, 7) is 2.91. The van der Waals surface area contributed by atoms with Crippen LogP contribution in [0.5, 0.6) is 0 Å². The Balaban J connectivity index is 1.80. The number of nitrogens with one attached hydrogen (secondary N) is 2. The molecule has 3 rings (SSSR count). The molecule has 2 aromatic carbocycles. The van der Waals surface area contributed by atoms with Crippen molar-refractivity contribution in [2.75, 3.05) is 10.6 Å². The van der Waals surface area contributed by atoms with Gasteiger partial charge >= 0.3 is 6.18 Å². The van der Waals surface area contributed by atoms with E-state index in [2.05, 4.69) is 20.6 Å². The molecule has 0 aliphatic carbocycles. The van der Waals surface area contributed by atoms with E-state index in [-0.39, 0.29) is 16.8 Å². The van der Waals surface area contributed by atoms with E-state index >= 15 is 0 Å². The third-order valence-electron chi connectivity index (χ3n) is 4.17. The fourth-order valence-corrected chi connectivity index (χ4v) is 3.50. The minimum Gasteiger partial charge on any atom is -0.326 e. The molecule has 0 saturated heterocycles. The van der Waals surface area contributed by atoms with Crippen molar-refractivity contribution in [3.8, 4) is 11.3 Å². The number of carbonyl (C=O) groups is 2. The molecule has 0 saturated carbocycles. The van der Waals surface area contributed by atoms with Crippen LogP contribution >= 0.6 is 11.8 Å². The van der Waals surface area contributed by atoms with Crippen LogP contribution in [0.2, 0.25) is 0 Å². The minimum atomic E-state index is -4.66. The molecule has 2 N–H and O–H groups in total. The molecule has 0 fully saturated rings. The molecule has 0 radical (unpaired) electrons. The lowest BCUT2D eigenvalue weighted by atomic mass is 10.1. The summed E-state index contributed by atoms with van der Waals surface area (Å²) in [6.07, 6.45) is -4.66. The molecular formula is C22H19F3N4O2S. The van der Waals surface area contributed by atoms with E-state index in [1.807, 2.05) is 0 Å². The van der Waals surface area contributed by atoms with Gasteiger partial charge in [0.05, 0.1) is 10.9 Å². The number of halogens is 3. The topological polar surface area (TPSA) is 84.0 Å². The fraction of sp³-hybridized carbons (Fsp3) is 0.182. The Morgan fingerprint density at radius 3 is 2.22 bits per heavy atom. The number of amides is 2. The second kappa shape index (κ2) is 9.82. The van der Waals surface area contributed by atoms with Crippen LogP contribution < -0.4 is 10.6 Å². The molecule has 0 spiro atoms. The maximum absolute atomic E-state index is 13.4. The van der Waals surface area contributed by atoms with Crippen LogP contribution in [-0.2, 0) is 15.8 Å². The van der Waals surface area contributed by atoms with Crippen LogP contribution in [0.4, 0.5) is 24.5 Å². The van der Waals surface area contributed by atoms with Crippen molar-refractivity contribution < 1.29 is 22.8 Å². The van der Waals surface area contributed by atoms with Crippen LogP contribution in [0.3, 0.4) is 0 Å². The molecule has 0 bridgehead atoms. The normalized spacial score (nSPS) is 12.2. The summed E-state index contributed by atoms with van der Waals surface area (Å²) in [7, 11) is 0. The summed E-state index contributed by atoms with van der Waals surface area (Å²) in [5, 5.41) is 4.34. The third kappa shape index (κ3) is 6.30. The van der Waals surface area contributed by atoms with Crippen molar-refractivity contribution in [2.24, 2.45) is 0 Å². The Morgan fingerprint density at radius 1 is 0.938 bits per heavy atom. The zero-order valence-electron chi connectivity index (χ0n) is 17.1. The Bertz CT molecular complexity index is 1120. The Labute approximate surface area is 186 Å². The lowest BCUT2D eigenvalue weighted by Crippen LogP contribution is -2.23. The van der Waals surface area contributed by atoms with Crippen molar-refractivity contribution in [3.05, 3.63) is 66.4 Å². The van der Waals surface area contributed by atoms with E-state index in [0.29, 0.717) is 16.9 Å². The predicted molar refractivity (Wildman–Crippen MR) is 117 cm³/mol. The van der Waals surface area contributed by atoms with Gasteiger partial charge in [0, 0.05) is 23.9 Å². The zero-order valence-corrected chi connectivity index (χ0v) is 17.9. The monoisotopic (exact) mass is 460 g/mol. The maximum Gasteiger partial charge on any atom is 0.433 e. The Kier molecular flexibility index (Phi) is 7.14. The summed E-state index contributed by atoms with van der Waals surface area (Å²) >= 11 is 0.821. The number of carbonyl (C=O) groups excluding carboxylic acids is 2. The number of nitrogens with zero attached hydrogens (tertiary/aromatic N) is 2. The van der Waals surface area contributed by atoms with E-state index in [1.54, 1.807) is 61.5 Å². The average molecular weight is 460 g/mol. The van der Waals surface area contributed by atoms with Gasteiger partial charge in [-0.3, -0.25) is 9.59 Å². The summed E-state index contributed by atoms with van der Waals surface area (Å²) in [4.78, 5) is 31.6. The van der Waals surface area contributed by atoms with Crippen LogP contribution in [0.25, 0.3) is 11.3 Å². The number of hydrogen-bond acceptors (Lipinski definition) is 5. The molecule has 10 heteroatoms. The van der Waals surface area contributed by atoms with E-state index < -0.39 is 23.0 Å². The number of thioether (sulfide) groups is 1. The van der Waals surface area contributed by atoms with E-state index in [4.69, 9.17) is 0 Å². The standard InChI is InChI=1S/C22H19F3N4O2S/c1-13(20(31)27-17-10-6-9-16(11-17)26-14(2)30)32-21-28-18(15-7-4-3-5-8-15)12-19(29-21)22(23,24)25/h3-13H,1-2H3,(H,26,30)(H,27,31)/t13-/m0/s1. The first-order valence-electron chi connectivity index (χ1n) is 9.48. The Hall–Kier alpha value is -3.40. The van der Waals surface area contributed by atoms with Gasteiger partial charge in [-0.2, -0.15) is 13.2 Å². The quantitative estimate of drug-likeness (QED) is 0.388. The largest absolute Gasteiger partial charge is 0.433 e. The first kappa shape index (κ1) is 23.3. The molecular weight excluding hydrogens is 441 g/mol. The minimum absolute atomic E-state index is 0.117. The van der Waals surface area contributed by atoms with Gasteiger partial charge < -0.3 is 10.6 Å². The smallest absolute Gasteiger partial charge is 0.326 e. The highest BCUT2D eigenvalue weighted by Crippen LogP contribution is 2.33. The molecule has 0 aliphatic rings. The van der Waals surface area contributed by atoms with Gasteiger partial charge in [0.1, 0.15) is 5.69 Å². The first-order chi connectivity index (χ1) is 15.1. The molecule has 1 atom stereocenters. The number of rotatable bonds is 6. The van der Waals surface area contributed by atoms with E-state index in [1.165, 1.54) is 6.92 Å². The molecule has 1 aromatic heterocycles. The lowest BCUT2D eigenvalue weighted by molar-refractivity contribution is -0.141. The molecule has 6 nitrogen and oxygen atoms in total. The Morgan fingerprint density at radius 2 is 1.59 bits per heavy atom. The molecule has 0 unspecified atom stereocenters. The predicted octanol–water partition coefficient (Wildman–Crippen LogP) is 5.24. The number of aromatic nitrogens is 2. The van der Waals surface area contributed by atoms with Gasteiger partial charge in [-0.1, -0.05) is 48.2 Å². The van der Waals surface area contributed by atoms with E-state index in [9.17, 15) is 22.8 Å². The summed E-state index contributed by atoms with van der Waals surface area (Å²) in [5.74, 6) is -0.703. The van der Waals surface area contributed by atoms with Crippen LogP contribution in [-0.4, -0.2) is 27.0 Å². The number of hydrogen-bond donors (Lipinski definition) is 2. The van der Waals surface area contributed by atoms with Crippen molar-refractivity contribution in [3.63, 3.8) is 0 Å². The summed E-state index contributed by atoms with van der Waals surface area (Å²) in [6, 6.07) is 15.9. The highest BCUT2D eigenvalue weighted by Gasteiger charge is 2.34. The number of alkyl halides is 3. The molecule has 2 amide bonds. The second-order valence-electron chi connectivity index (χ2n) is 6.80. The highest BCUT2D eigenvalue weighted by atomic mass is 32.2. The van der Waals surface area contributed by atoms with Gasteiger partial charge in [0.15, 0.2) is 5.16 Å². The van der Waals surface area contributed by atoms with Crippen LogP contribution in [0.15, 0.2) is 65.8 Å². The number of anilines is 2. The maximum atomic E-state index is 13.4. The van der Waals surface area contributed by atoms with Gasteiger partial charge in [0.25, 0.3) is 0 Å². The first-order valence-corrected chi connectivity index (χ1v) is 10.4. The van der Waals surface area contributed by atoms with Gasteiger partial charge in [0.2, 0.25) is 11.8 Å². The van der Waals surface area contributed by atoms with E-state index in [0.717, 1.165) is 17.8 Å². The summed E-state index contributed by atoms with van der Waals surface area (Å²) in [5.41, 5.74) is 0.484. The van der Waals surface area contributed by atoms with Crippen molar-refractivity contribution in [1.82, 2.24) is 9.97 Å². The van der Waals surface area contributed by atoms with Crippen LogP contribution in [0.1, 0.15) is 19.5 Å². The third-order valence-corrected chi connectivity index (χ3v) is 5.13. The van der Waals surface area contributed by atoms with Crippen LogP contribution in [0, 0.1) is 0 Å². The second-order valence-corrected chi connectivity index (χ2v) is 8.10. The molecule has 32 heavy (non-hydrogen) atoms. The van der Waals surface area contributed by atoms with Gasteiger partial charge in [-0.05, 0) is 31.2 Å². The average Bonchev–Trinajstić information content (AvgIpc) is 2.73. The lowest BCUT2D eigenvalue weighted by Gasteiger charge is -2.14. The molecule has 3 aromatic rings. The zero-order chi connectivity index (χ0) is 23.3.